The summed E-state index contributed by atoms with van der Waals surface area (Å²) in [6, 6.07) is 10.0. The molecule has 0 N–H and O–H groups in total. The van der Waals surface area contributed by atoms with E-state index in [2.05, 4.69) is 4.99 Å². The van der Waals surface area contributed by atoms with Crippen molar-refractivity contribution in [1.82, 2.24) is 0 Å². The molecule has 0 aromatic heterocycles. The fourth-order valence-electron chi connectivity index (χ4n) is 1.29. The summed E-state index contributed by atoms with van der Waals surface area (Å²) < 4.78 is 10.4. The molecule has 1 aliphatic heterocycles. The number of aliphatic imine (C=N–C) groups is 1. The molecule has 0 bridgehead atoms. The van der Waals surface area contributed by atoms with Crippen LogP contribution < -0.4 is 0 Å². The second-order valence-corrected chi connectivity index (χ2v) is 3.28. The zero-order chi connectivity index (χ0) is 10.5. The number of ether oxygens (including phenoxy) is 2. The van der Waals surface area contributed by atoms with Gasteiger partial charge in [0.15, 0.2) is 0 Å². The minimum atomic E-state index is 0.366. The topological polar surface area (TPSA) is 30.8 Å². The third-order valence-corrected chi connectivity index (χ3v) is 2.12. The number of allylic oxidation sites excluding steroid dienone is 1. The van der Waals surface area contributed by atoms with Gasteiger partial charge in [-0.1, -0.05) is 30.3 Å². The largest absolute Gasteiger partial charge is 0.448 e. The van der Waals surface area contributed by atoms with Gasteiger partial charge in [0.1, 0.15) is 6.61 Å². The van der Waals surface area contributed by atoms with Gasteiger partial charge >= 0.3 is 6.08 Å². The summed E-state index contributed by atoms with van der Waals surface area (Å²) in [4.78, 5) is 4.03. The van der Waals surface area contributed by atoms with Crippen molar-refractivity contribution in [3.63, 3.8) is 0 Å². The molecule has 15 heavy (non-hydrogen) atoms. The molecule has 0 unspecified atom stereocenters. The average molecular weight is 203 g/mol. The van der Waals surface area contributed by atoms with Crippen molar-refractivity contribution in [1.29, 1.82) is 0 Å². The van der Waals surface area contributed by atoms with Crippen molar-refractivity contribution in [2.45, 2.75) is 6.92 Å². The van der Waals surface area contributed by atoms with Crippen molar-refractivity contribution in [3.8, 4) is 0 Å². The highest BCUT2D eigenvalue weighted by atomic mass is 16.7. The Morgan fingerprint density at radius 1 is 1.40 bits per heavy atom. The van der Waals surface area contributed by atoms with Crippen molar-refractivity contribution in [2.24, 2.45) is 4.99 Å². The van der Waals surface area contributed by atoms with Crippen LogP contribution in [0.25, 0.3) is 5.57 Å². The molecule has 0 radical (unpaired) electrons. The second-order valence-electron chi connectivity index (χ2n) is 3.28. The Kier molecular flexibility index (Phi) is 3.02. The number of hydrogen-bond donors (Lipinski definition) is 0. The maximum Gasteiger partial charge on any atom is 0.388 e. The minimum Gasteiger partial charge on any atom is -0.448 e. The van der Waals surface area contributed by atoms with Crippen LogP contribution >= 0.6 is 0 Å². The lowest BCUT2D eigenvalue weighted by Gasteiger charge is -2.02. The van der Waals surface area contributed by atoms with E-state index in [0.717, 1.165) is 11.1 Å². The molecule has 0 saturated heterocycles. The van der Waals surface area contributed by atoms with Crippen LogP contribution in [0.4, 0.5) is 0 Å². The van der Waals surface area contributed by atoms with Gasteiger partial charge in [0.05, 0.1) is 12.8 Å². The van der Waals surface area contributed by atoms with Crippen LogP contribution in [0.3, 0.4) is 0 Å². The van der Waals surface area contributed by atoms with Gasteiger partial charge in [-0.15, -0.1) is 0 Å². The number of hydrogen-bond acceptors (Lipinski definition) is 3. The fourth-order valence-corrected chi connectivity index (χ4v) is 1.29. The van der Waals surface area contributed by atoms with Crippen LogP contribution in [-0.4, -0.2) is 19.2 Å². The Bertz CT molecular complexity index is 382. The van der Waals surface area contributed by atoms with Crippen LogP contribution in [-0.2, 0) is 9.47 Å². The van der Waals surface area contributed by atoms with Crippen molar-refractivity contribution in [2.75, 3.05) is 13.2 Å². The van der Waals surface area contributed by atoms with Gasteiger partial charge < -0.3 is 9.47 Å². The normalized spacial score (nSPS) is 15.8. The maximum absolute atomic E-state index is 5.28. The number of rotatable bonds is 2. The van der Waals surface area contributed by atoms with E-state index in [1.54, 1.807) is 6.26 Å². The molecule has 0 fully saturated rings. The van der Waals surface area contributed by atoms with E-state index in [9.17, 15) is 0 Å². The van der Waals surface area contributed by atoms with Gasteiger partial charge in [-0.25, -0.2) is 4.99 Å². The third-order valence-electron chi connectivity index (χ3n) is 2.12. The van der Waals surface area contributed by atoms with Gasteiger partial charge in [-0.05, 0) is 18.1 Å². The predicted molar refractivity (Wildman–Crippen MR) is 59.4 cm³/mol. The second kappa shape index (κ2) is 4.64. The van der Waals surface area contributed by atoms with Crippen LogP contribution in [0.5, 0.6) is 0 Å². The van der Waals surface area contributed by atoms with E-state index in [4.69, 9.17) is 9.47 Å². The minimum absolute atomic E-state index is 0.366. The summed E-state index contributed by atoms with van der Waals surface area (Å²) >= 11 is 0. The summed E-state index contributed by atoms with van der Waals surface area (Å²) in [5.41, 5.74) is 2.19. The summed E-state index contributed by atoms with van der Waals surface area (Å²) in [5, 5.41) is 0. The van der Waals surface area contributed by atoms with Gasteiger partial charge in [-0.3, -0.25) is 0 Å². The molecule has 0 atom stereocenters. The molecule has 1 heterocycles. The van der Waals surface area contributed by atoms with Crippen LogP contribution in [0.15, 0.2) is 41.6 Å². The summed E-state index contributed by atoms with van der Waals surface area (Å²) in [5.74, 6) is 0. The summed E-state index contributed by atoms with van der Waals surface area (Å²) in [6.45, 7) is 3.30. The van der Waals surface area contributed by atoms with E-state index >= 15 is 0 Å². The molecule has 0 saturated carbocycles. The molecule has 0 spiro atoms. The molecular weight excluding hydrogens is 190 g/mol. The first-order valence-corrected chi connectivity index (χ1v) is 4.92. The summed E-state index contributed by atoms with van der Waals surface area (Å²) in [7, 11) is 0. The first kappa shape index (κ1) is 9.77. The van der Waals surface area contributed by atoms with E-state index in [-0.39, 0.29) is 0 Å². The molecule has 78 valence electrons. The monoisotopic (exact) mass is 203 g/mol. The first-order chi connectivity index (χ1) is 7.36. The molecule has 0 amide bonds. The van der Waals surface area contributed by atoms with Gasteiger partial charge in [0.2, 0.25) is 0 Å². The lowest BCUT2D eigenvalue weighted by atomic mass is 10.1. The van der Waals surface area contributed by atoms with Crippen molar-refractivity contribution < 1.29 is 9.47 Å². The Morgan fingerprint density at radius 2 is 2.20 bits per heavy atom. The molecule has 1 aromatic rings. The van der Waals surface area contributed by atoms with E-state index < -0.39 is 0 Å². The zero-order valence-electron chi connectivity index (χ0n) is 8.64. The van der Waals surface area contributed by atoms with Crippen molar-refractivity contribution in [3.05, 3.63) is 42.2 Å². The predicted octanol–water partition coefficient (Wildman–Crippen LogP) is 2.45. The molecule has 1 aliphatic rings. The Hall–Kier alpha value is -1.77. The quantitative estimate of drug-likeness (QED) is 0.691. The maximum atomic E-state index is 5.28. The lowest BCUT2D eigenvalue weighted by Crippen LogP contribution is -2.00. The molecule has 3 heteroatoms. The third kappa shape index (κ3) is 2.59. The summed E-state index contributed by atoms with van der Waals surface area (Å²) in [6.07, 6.45) is 2.03. The van der Waals surface area contributed by atoms with E-state index in [1.165, 1.54) is 0 Å². The first-order valence-electron chi connectivity index (χ1n) is 4.92. The Morgan fingerprint density at radius 3 is 2.87 bits per heavy atom. The van der Waals surface area contributed by atoms with Gasteiger partial charge in [-0.2, -0.15) is 0 Å². The van der Waals surface area contributed by atoms with Gasteiger partial charge in [0.25, 0.3) is 0 Å². The Labute approximate surface area is 89.0 Å². The van der Waals surface area contributed by atoms with Crippen LogP contribution in [0, 0.1) is 0 Å². The molecule has 3 nitrogen and oxygen atoms in total. The lowest BCUT2D eigenvalue weighted by molar-refractivity contribution is 0.251. The fraction of sp³-hybridized carbons (Fsp3) is 0.250. The van der Waals surface area contributed by atoms with Crippen molar-refractivity contribution >= 4 is 11.7 Å². The number of nitrogens with zero attached hydrogens (tertiary/aromatic N) is 1. The standard InChI is InChI=1S/C12H13NO2/c1-10(11-5-3-2-4-6-11)9-15-12-13-7-8-14-12/h2-6,9H,7-8H2,1H3. The Balaban J connectivity index is 2.01. The zero-order valence-corrected chi connectivity index (χ0v) is 8.64. The molecule has 2 rings (SSSR count). The highest BCUT2D eigenvalue weighted by Gasteiger charge is 2.06. The molecule has 0 aliphatic carbocycles. The molecule has 1 aromatic carbocycles. The molecular formula is C12H13NO2. The smallest absolute Gasteiger partial charge is 0.388 e. The highest BCUT2D eigenvalue weighted by molar-refractivity contribution is 5.71. The van der Waals surface area contributed by atoms with Crippen LogP contribution in [0.2, 0.25) is 0 Å². The highest BCUT2D eigenvalue weighted by Crippen LogP contribution is 2.13. The number of benzene rings is 1. The van der Waals surface area contributed by atoms with Gasteiger partial charge in [0, 0.05) is 0 Å². The van der Waals surface area contributed by atoms with Crippen LogP contribution in [0.1, 0.15) is 12.5 Å². The average Bonchev–Trinajstić information content (AvgIpc) is 2.80. The van der Waals surface area contributed by atoms with E-state index in [0.29, 0.717) is 19.2 Å². The van der Waals surface area contributed by atoms with E-state index in [1.807, 2.05) is 37.3 Å². The SMILES string of the molecule is CC(=COC1=NCCO1)c1ccccc1.